The highest BCUT2D eigenvalue weighted by atomic mass is 19.1. The van der Waals surface area contributed by atoms with Crippen LogP contribution in [0, 0.1) is 25.5 Å². The number of carbonyl (C=O) groups is 1. The molecule has 1 amide bonds. The van der Waals surface area contributed by atoms with Gasteiger partial charge in [-0.25, -0.2) is 28.7 Å². The Morgan fingerprint density at radius 1 is 0.976 bits per heavy atom. The van der Waals surface area contributed by atoms with Crippen LogP contribution < -0.4 is 10.6 Å². The molecule has 2 aliphatic rings. The zero-order valence-electron chi connectivity index (χ0n) is 24.4. The summed E-state index contributed by atoms with van der Waals surface area (Å²) in [6.07, 6.45) is 6.78. The third-order valence-corrected chi connectivity index (χ3v) is 8.37. The predicted octanol–water partition coefficient (Wildman–Crippen LogP) is 5.85. The second kappa shape index (κ2) is 11.4. The van der Waals surface area contributed by atoms with Crippen LogP contribution in [0.25, 0.3) is 22.3 Å². The molecule has 0 bridgehead atoms. The van der Waals surface area contributed by atoms with E-state index in [-0.39, 0.29) is 34.7 Å². The lowest BCUT2D eigenvalue weighted by atomic mass is 9.91. The van der Waals surface area contributed by atoms with Crippen LogP contribution >= 0.6 is 0 Å². The zero-order chi connectivity index (χ0) is 29.5. The normalized spacial score (nSPS) is 16.3. The first-order chi connectivity index (χ1) is 20.2. The fourth-order valence-corrected chi connectivity index (χ4v) is 5.99. The molecule has 0 spiro atoms. The number of benzene rings is 1. The molecule has 0 unspecified atom stereocenters. The largest absolute Gasteiger partial charge is 0.338 e. The summed E-state index contributed by atoms with van der Waals surface area (Å²) in [4.78, 5) is 32.5. The molecule has 0 atom stereocenters. The number of pyridine rings is 1. The van der Waals surface area contributed by atoms with Crippen molar-refractivity contribution in [3.63, 3.8) is 0 Å². The minimum absolute atomic E-state index is 0.0257. The van der Waals surface area contributed by atoms with Crippen molar-refractivity contribution in [3.05, 3.63) is 59.2 Å². The van der Waals surface area contributed by atoms with Gasteiger partial charge in [0.15, 0.2) is 11.6 Å². The molecule has 1 saturated carbocycles. The van der Waals surface area contributed by atoms with Gasteiger partial charge in [-0.3, -0.25) is 4.79 Å². The van der Waals surface area contributed by atoms with Crippen LogP contribution in [-0.2, 0) is 0 Å². The number of carbonyl (C=O) groups excluding carboxylic acids is 1. The van der Waals surface area contributed by atoms with Crippen LogP contribution in [0.1, 0.15) is 73.9 Å². The molecule has 1 aliphatic carbocycles. The molecular weight excluding hydrogens is 538 g/mol. The maximum Gasteiger partial charge on any atom is 0.255 e. The van der Waals surface area contributed by atoms with E-state index in [1.807, 2.05) is 30.2 Å². The Balaban J connectivity index is 1.18. The molecule has 1 aliphatic heterocycles. The molecule has 1 saturated heterocycles. The van der Waals surface area contributed by atoms with E-state index in [4.69, 9.17) is 0 Å². The summed E-state index contributed by atoms with van der Waals surface area (Å²) in [7, 11) is 0. The van der Waals surface area contributed by atoms with E-state index in [0.717, 1.165) is 32.1 Å². The molecule has 42 heavy (non-hydrogen) atoms. The van der Waals surface area contributed by atoms with Gasteiger partial charge in [0, 0.05) is 36.8 Å². The highest BCUT2D eigenvalue weighted by Crippen LogP contribution is 2.30. The van der Waals surface area contributed by atoms with Crippen molar-refractivity contribution in [3.8, 4) is 11.3 Å². The van der Waals surface area contributed by atoms with Crippen LogP contribution in [0.2, 0.25) is 0 Å². The lowest BCUT2D eigenvalue weighted by Crippen LogP contribution is -2.49. The SMILES string of the molecule is Cc1nc(Nc2ncc(F)c(-c3cc(F)c4nc(C)n(C(C)C)c4c3)n2)ccc1C(=O)N1CCC(NC2CCC2)CC1. The topological polar surface area (TPSA) is 101 Å². The number of likely N-dealkylation sites (tertiary alicyclic amines) is 1. The van der Waals surface area contributed by atoms with Crippen molar-refractivity contribution in [2.45, 2.75) is 77.9 Å². The van der Waals surface area contributed by atoms with E-state index in [1.165, 1.54) is 25.3 Å². The first kappa shape index (κ1) is 28.1. The fraction of sp³-hybridized carbons (Fsp3) is 0.452. The summed E-state index contributed by atoms with van der Waals surface area (Å²) in [5.74, 6) is -0.0532. The van der Waals surface area contributed by atoms with Crippen LogP contribution in [-0.4, -0.2) is 60.5 Å². The van der Waals surface area contributed by atoms with Gasteiger partial charge in [0.2, 0.25) is 5.95 Å². The first-order valence-electron chi connectivity index (χ1n) is 14.7. The number of aromatic nitrogens is 5. The number of aryl methyl sites for hydroxylation is 2. The number of halogens is 2. The number of hydrogen-bond donors (Lipinski definition) is 2. The van der Waals surface area contributed by atoms with Crippen LogP contribution in [0.5, 0.6) is 0 Å². The molecular formula is C31H36F2N8O. The van der Waals surface area contributed by atoms with Crippen molar-refractivity contribution in [2.24, 2.45) is 0 Å². The summed E-state index contributed by atoms with van der Waals surface area (Å²) in [5.41, 5.74) is 2.17. The van der Waals surface area contributed by atoms with Crippen molar-refractivity contribution in [1.82, 2.24) is 34.7 Å². The molecule has 3 aromatic heterocycles. The van der Waals surface area contributed by atoms with E-state index >= 15 is 4.39 Å². The van der Waals surface area contributed by atoms with Crippen molar-refractivity contribution in [2.75, 3.05) is 18.4 Å². The Morgan fingerprint density at radius 3 is 2.38 bits per heavy atom. The summed E-state index contributed by atoms with van der Waals surface area (Å²) < 4.78 is 31.9. The number of rotatable bonds is 7. The molecule has 4 heterocycles. The van der Waals surface area contributed by atoms with E-state index in [0.29, 0.717) is 40.5 Å². The van der Waals surface area contributed by atoms with Gasteiger partial charge < -0.3 is 20.1 Å². The summed E-state index contributed by atoms with van der Waals surface area (Å²) in [6.45, 7) is 9.01. The first-order valence-corrected chi connectivity index (χ1v) is 14.7. The average molecular weight is 575 g/mol. The van der Waals surface area contributed by atoms with Gasteiger partial charge in [0.1, 0.15) is 22.9 Å². The quantitative estimate of drug-likeness (QED) is 0.285. The van der Waals surface area contributed by atoms with Crippen molar-refractivity contribution >= 4 is 28.7 Å². The van der Waals surface area contributed by atoms with Crippen LogP contribution in [0.3, 0.4) is 0 Å². The Labute approximate surface area is 243 Å². The van der Waals surface area contributed by atoms with E-state index < -0.39 is 11.6 Å². The summed E-state index contributed by atoms with van der Waals surface area (Å²) in [6, 6.07) is 7.54. The minimum Gasteiger partial charge on any atom is -0.338 e. The Kier molecular flexibility index (Phi) is 7.61. The van der Waals surface area contributed by atoms with Gasteiger partial charge in [-0.1, -0.05) is 6.42 Å². The number of nitrogens with zero attached hydrogens (tertiary/aromatic N) is 6. The fourth-order valence-electron chi connectivity index (χ4n) is 5.99. The van der Waals surface area contributed by atoms with Gasteiger partial charge in [-0.15, -0.1) is 0 Å². The molecule has 220 valence electrons. The third kappa shape index (κ3) is 5.45. The number of nitrogens with one attached hydrogen (secondary N) is 2. The second-order valence-corrected chi connectivity index (χ2v) is 11.7. The van der Waals surface area contributed by atoms with Crippen LogP contribution in [0.4, 0.5) is 20.5 Å². The average Bonchev–Trinajstić information content (AvgIpc) is 3.28. The van der Waals surface area contributed by atoms with Gasteiger partial charge in [0.25, 0.3) is 5.91 Å². The molecule has 2 fully saturated rings. The zero-order valence-corrected chi connectivity index (χ0v) is 24.4. The van der Waals surface area contributed by atoms with Crippen molar-refractivity contribution < 1.29 is 13.6 Å². The summed E-state index contributed by atoms with van der Waals surface area (Å²) >= 11 is 0. The molecule has 2 N–H and O–H groups in total. The lowest BCUT2D eigenvalue weighted by Gasteiger charge is -2.37. The monoisotopic (exact) mass is 574 g/mol. The standard InChI is InChI=1S/C31H36F2N8O/c1-17(2)41-19(4)36-29-24(32)14-20(15-26(29)41)28-25(33)16-34-31(39-28)38-27-9-8-23(18(3)35-27)30(42)40-12-10-22(11-13-40)37-21-6-5-7-21/h8-9,14-17,21-22,37H,5-7,10-13H2,1-4H3,(H,34,35,38,39). The third-order valence-electron chi connectivity index (χ3n) is 8.37. The number of fused-ring (bicyclic) bond motifs is 1. The van der Waals surface area contributed by atoms with Crippen LogP contribution in [0.15, 0.2) is 30.5 Å². The molecule has 4 aromatic rings. The molecule has 0 radical (unpaired) electrons. The molecule has 1 aromatic carbocycles. The Morgan fingerprint density at radius 2 is 1.71 bits per heavy atom. The van der Waals surface area contributed by atoms with Gasteiger partial charge in [-0.05, 0) is 77.6 Å². The number of anilines is 2. The lowest BCUT2D eigenvalue weighted by molar-refractivity contribution is 0.0696. The van der Waals surface area contributed by atoms with Gasteiger partial charge in [-0.2, -0.15) is 0 Å². The smallest absolute Gasteiger partial charge is 0.255 e. The highest BCUT2D eigenvalue weighted by Gasteiger charge is 2.28. The summed E-state index contributed by atoms with van der Waals surface area (Å²) in [5, 5.41) is 6.72. The number of amides is 1. The molecule has 6 rings (SSSR count). The van der Waals surface area contributed by atoms with Gasteiger partial charge >= 0.3 is 0 Å². The Bertz CT molecular complexity index is 1640. The van der Waals surface area contributed by atoms with E-state index in [1.54, 1.807) is 25.1 Å². The Hall–Kier alpha value is -3.99. The number of piperidine rings is 1. The van der Waals surface area contributed by atoms with E-state index in [2.05, 4.69) is 30.6 Å². The van der Waals surface area contributed by atoms with E-state index in [9.17, 15) is 9.18 Å². The highest BCUT2D eigenvalue weighted by molar-refractivity contribution is 5.95. The predicted molar refractivity (Wildman–Crippen MR) is 158 cm³/mol. The maximum atomic E-state index is 15.0. The van der Waals surface area contributed by atoms with Crippen molar-refractivity contribution in [1.29, 1.82) is 0 Å². The minimum atomic E-state index is -0.677. The van der Waals surface area contributed by atoms with Gasteiger partial charge in [0.05, 0.1) is 23.0 Å². The maximum absolute atomic E-state index is 15.0. The molecule has 11 heteroatoms. The second-order valence-electron chi connectivity index (χ2n) is 11.7. The number of imidazole rings is 1. The molecule has 9 nitrogen and oxygen atoms in total. The number of hydrogen-bond acceptors (Lipinski definition) is 7.